The molecule has 0 spiro atoms. The number of sulfonamides is 1. The Morgan fingerprint density at radius 1 is 1.10 bits per heavy atom. The van der Waals surface area contributed by atoms with Gasteiger partial charge in [0, 0.05) is 30.3 Å². The minimum absolute atomic E-state index is 0.0287. The van der Waals surface area contributed by atoms with Crippen LogP contribution in [0.2, 0.25) is 0 Å². The fourth-order valence-electron chi connectivity index (χ4n) is 1.75. The highest BCUT2D eigenvalue weighted by atomic mass is 32.2. The first kappa shape index (κ1) is 16.9. The Morgan fingerprint density at radius 2 is 1.65 bits per heavy atom. The summed E-state index contributed by atoms with van der Waals surface area (Å²) in [5.74, 6) is -3.23. The zero-order valence-electron chi connectivity index (χ0n) is 11.4. The molecule has 2 N–H and O–H groups in total. The molecule has 0 aliphatic heterocycles. The molecule has 0 radical (unpaired) electrons. The smallest absolute Gasteiger partial charge is 0.209 e. The van der Waals surface area contributed by atoms with E-state index >= 15 is 0 Å². The van der Waals surface area contributed by atoms with Gasteiger partial charge in [-0.25, -0.2) is 26.3 Å². The summed E-state index contributed by atoms with van der Waals surface area (Å²) in [5, 5.41) is 2.80. The van der Waals surface area contributed by atoms with Crippen LogP contribution in [0.15, 0.2) is 12.1 Å². The molecule has 0 heterocycles. The molecule has 1 rings (SSSR count). The van der Waals surface area contributed by atoms with E-state index in [0.717, 1.165) is 12.3 Å². The molecule has 114 valence electrons. The fraction of sp³-hybridized carbons (Fsp3) is 0.500. The van der Waals surface area contributed by atoms with Crippen LogP contribution in [0.25, 0.3) is 0 Å². The molecule has 0 aliphatic carbocycles. The van der Waals surface area contributed by atoms with Crippen LogP contribution in [0.4, 0.5) is 13.2 Å². The van der Waals surface area contributed by atoms with Crippen molar-refractivity contribution in [3.63, 3.8) is 0 Å². The molecule has 0 amide bonds. The second-order valence-corrected chi connectivity index (χ2v) is 6.97. The van der Waals surface area contributed by atoms with Crippen molar-refractivity contribution in [2.24, 2.45) is 0 Å². The molecule has 0 saturated carbocycles. The normalized spacial score (nSPS) is 12.7. The first-order chi connectivity index (χ1) is 9.00. The van der Waals surface area contributed by atoms with Crippen molar-refractivity contribution in [2.45, 2.75) is 25.9 Å². The number of nitrogens with one attached hydrogen (secondary N) is 2. The number of rotatable bonds is 6. The molecule has 0 bridgehead atoms. The third-order valence-corrected chi connectivity index (χ3v) is 3.36. The highest BCUT2D eigenvalue weighted by molar-refractivity contribution is 7.88. The van der Waals surface area contributed by atoms with E-state index in [1.54, 1.807) is 13.8 Å². The minimum atomic E-state index is -3.37. The van der Waals surface area contributed by atoms with Crippen molar-refractivity contribution in [3.05, 3.63) is 35.1 Å². The molecule has 0 aromatic heterocycles. The van der Waals surface area contributed by atoms with Crippen LogP contribution >= 0.6 is 0 Å². The summed E-state index contributed by atoms with van der Waals surface area (Å²) in [5.41, 5.74) is -0.818. The third-order valence-electron chi connectivity index (χ3n) is 2.43. The molecular formula is C12H17F3N2O2S. The van der Waals surface area contributed by atoms with Crippen LogP contribution in [-0.4, -0.2) is 26.8 Å². The standard InChI is InChI=1S/C12H17F3N2O2S/c1-12(2,17-20(3,18)19)7-16-6-8-4-10(14)11(15)5-9(8)13/h4-5,16-17H,6-7H2,1-3H3. The second-order valence-electron chi connectivity index (χ2n) is 5.22. The van der Waals surface area contributed by atoms with Crippen molar-refractivity contribution in [2.75, 3.05) is 12.8 Å². The number of hydrogen-bond acceptors (Lipinski definition) is 3. The van der Waals surface area contributed by atoms with Crippen LogP contribution < -0.4 is 10.0 Å². The van der Waals surface area contributed by atoms with Crippen molar-refractivity contribution >= 4 is 10.0 Å². The third kappa shape index (κ3) is 5.48. The molecule has 1 aromatic carbocycles. The molecule has 0 aliphatic rings. The zero-order valence-corrected chi connectivity index (χ0v) is 12.2. The minimum Gasteiger partial charge on any atom is -0.311 e. The molecule has 4 nitrogen and oxygen atoms in total. The van der Waals surface area contributed by atoms with Gasteiger partial charge in [0.05, 0.1) is 6.26 Å². The Kier molecular flexibility index (Phi) is 5.17. The maximum absolute atomic E-state index is 13.4. The van der Waals surface area contributed by atoms with Crippen LogP contribution in [0.1, 0.15) is 19.4 Å². The van der Waals surface area contributed by atoms with Gasteiger partial charge in [0.1, 0.15) is 5.82 Å². The quantitative estimate of drug-likeness (QED) is 0.783. The van der Waals surface area contributed by atoms with E-state index in [-0.39, 0.29) is 18.7 Å². The van der Waals surface area contributed by atoms with Gasteiger partial charge in [-0.2, -0.15) is 0 Å². The summed E-state index contributed by atoms with van der Waals surface area (Å²) in [4.78, 5) is 0. The van der Waals surface area contributed by atoms with Crippen molar-refractivity contribution in [3.8, 4) is 0 Å². The lowest BCUT2D eigenvalue weighted by Crippen LogP contribution is -2.49. The van der Waals surface area contributed by atoms with Gasteiger partial charge in [-0.3, -0.25) is 0 Å². The molecule has 0 fully saturated rings. The summed E-state index contributed by atoms with van der Waals surface area (Å²) >= 11 is 0. The highest BCUT2D eigenvalue weighted by Gasteiger charge is 2.21. The summed E-state index contributed by atoms with van der Waals surface area (Å²) in [6.07, 6.45) is 1.03. The summed E-state index contributed by atoms with van der Waals surface area (Å²) < 4.78 is 63.7. The van der Waals surface area contributed by atoms with Gasteiger partial charge in [-0.15, -0.1) is 0 Å². The van der Waals surface area contributed by atoms with Gasteiger partial charge < -0.3 is 5.32 Å². The van der Waals surface area contributed by atoms with Crippen LogP contribution in [-0.2, 0) is 16.6 Å². The molecule has 0 atom stereocenters. The average molecular weight is 310 g/mol. The van der Waals surface area contributed by atoms with Crippen LogP contribution in [0, 0.1) is 17.5 Å². The molecule has 8 heteroatoms. The maximum Gasteiger partial charge on any atom is 0.209 e. The molecule has 1 aromatic rings. The van der Waals surface area contributed by atoms with Gasteiger partial charge >= 0.3 is 0 Å². The first-order valence-electron chi connectivity index (χ1n) is 5.83. The Hall–Kier alpha value is -1.12. The molecule has 20 heavy (non-hydrogen) atoms. The monoisotopic (exact) mass is 310 g/mol. The van der Waals surface area contributed by atoms with Gasteiger partial charge in [0.15, 0.2) is 11.6 Å². The second kappa shape index (κ2) is 6.11. The Balaban J connectivity index is 2.63. The van der Waals surface area contributed by atoms with E-state index in [4.69, 9.17) is 0 Å². The van der Waals surface area contributed by atoms with Crippen molar-refractivity contribution < 1.29 is 21.6 Å². The van der Waals surface area contributed by atoms with Gasteiger partial charge in [0.2, 0.25) is 10.0 Å². The van der Waals surface area contributed by atoms with Crippen LogP contribution in [0.5, 0.6) is 0 Å². The number of halogens is 3. The highest BCUT2D eigenvalue weighted by Crippen LogP contribution is 2.13. The average Bonchev–Trinajstić information content (AvgIpc) is 2.21. The van der Waals surface area contributed by atoms with E-state index in [0.29, 0.717) is 6.07 Å². The summed E-state index contributed by atoms with van der Waals surface area (Å²) in [6.45, 7) is 3.43. The Bertz CT molecular complexity index is 589. The van der Waals surface area contributed by atoms with E-state index in [1.165, 1.54) is 0 Å². The van der Waals surface area contributed by atoms with E-state index in [2.05, 4.69) is 10.0 Å². The van der Waals surface area contributed by atoms with Crippen molar-refractivity contribution in [1.29, 1.82) is 0 Å². The first-order valence-corrected chi connectivity index (χ1v) is 7.72. The molecule has 0 saturated heterocycles. The van der Waals surface area contributed by atoms with E-state index in [9.17, 15) is 21.6 Å². The maximum atomic E-state index is 13.4. The largest absolute Gasteiger partial charge is 0.311 e. The predicted octanol–water partition coefficient (Wildman–Crippen LogP) is 1.52. The van der Waals surface area contributed by atoms with E-state index < -0.39 is 33.0 Å². The van der Waals surface area contributed by atoms with Crippen LogP contribution in [0.3, 0.4) is 0 Å². The predicted molar refractivity (Wildman–Crippen MR) is 70.1 cm³/mol. The molecular weight excluding hydrogens is 293 g/mol. The lowest BCUT2D eigenvalue weighted by atomic mass is 10.1. The van der Waals surface area contributed by atoms with Gasteiger partial charge in [-0.1, -0.05) is 0 Å². The molecule has 0 unspecified atom stereocenters. The Labute approximate surface area is 116 Å². The fourth-order valence-corrected chi connectivity index (χ4v) is 2.82. The lowest BCUT2D eigenvalue weighted by Gasteiger charge is -2.25. The Morgan fingerprint density at radius 3 is 2.20 bits per heavy atom. The lowest BCUT2D eigenvalue weighted by molar-refractivity contribution is 0.417. The van der Waals surface area contributed by atoms with Gasteiger partial charge in [-0.05, 0) is 19.9 Å². The number of benzene rings is 1. The summed E-state index contributed by atoms with van der Waals surface area (Å²) in [6, 6.07) is 1.25. The zero-order chi connectivity index (χ0) is 15.6. The van der Waals surface area contributed by atoms with Crippen molar-refractivity contribution in [1.82, 2.24) is 10.0 Å². The summed E-state index contributed by atoms with van der Waals surface area (Å²) in [7, 11) is -3.37. The SMILES string of the molecule is CC(C)(CNCc1cc(F)c(F)cc1F)NS(C)(=O)=O. The van der Waals surface area contributed by atoms with Gasteiger partial charge in [0.25, 0.3) is 0 Å². The van der Waals surface area contributed by atoms with E-state index in [1.807, 2.05) is 0 Å². The topological polar surface area (TPSA) is 58.2 Å². The number of hydrogen-bond donors (Lipinski definition) is 2.